The fourth-order valence-corrected chi connectivity index (χ4v) is 3.52. The molecule has 2 heterocycles. The first kappa shape index (κ1) is 20.1. The van der Waals surface area contributed by atoms with Crippen molar-refractivity contribution in [1.29, 1.82) is 0 Å². The van der Waals surface area contributed by atoms with Crippen LogP contribution in [-0.4, -0.2) is 49.5 Å². The molecule has 2 atom stereocenters. The van der Waals surface area contributed by atoms with Crippen LogP contribution in [0.15, 0.2) is 12.1 Å². The van der Waals surface area contributed by atoms with Crippen molar-refractivity contribution in [2.45, 2.75) is 47.2 Å². The highest BCUT2D eigenvalue weighted by molar-refractivity contribution is 5.92. The summed E-state index contributed by atoms with van der Waals surface area (Å²) >= 11 is 0. The van der Waals surface area contributed by atoms with E-state index in [1.54, 1.807) is 14.3 Å². The van der Waals surface area contributed by atoms with E-state index in [0.717, 1.165) is 23.5 Å². The van der Waals surface area contributed by atoms with Gasteiger partial charge in [0.15, 0.2) is 0 Å². The monoisotopic (exact) mass is 387 g/mol. The molecule has 152 valence electrons. The van der Waals surface area contributed by atoms with Gasteiger partial charge in [-0.1, -0.05) is 0 Å². The van der Waals surface area contributed by atoms with Crippen molar-refractivity contribution in [1.82, 2.24) is 24.5 Å². The maximum Gasteiger partial charge on any atom is 0.309 e. The van der Waals surface area contributed by atoms with E-state index in [4.69, 9.17) is 4.74 Å². The summed E-state index contributed by atoms with van der Waals surface area (Å²) in [6.07, 6.45) is 0.760. The van der Waals surface area contributed by atoms with E-state index in [0.29, 0.717) is 31.9 Å². The number of carbonyl (C=O) groups is 2. The zero-order valence-corrected chi connectivity index (χ0v) is 17.3. The van der Waals surface area contributed by atoms with Gasteiger partial charge in [-0.25, -0.2) is 0 Å². The van der Waals surface area contributed by atoms with Gasteiger partial charge in [0.1, 0.15) is 5.69 Å². The Morgan fingerprint density at radius 1 is 1.25 bits per heavy atom. The summed E-state index contributed by atoms with van der Waals surface area (Å²) in [6, 6.07) is 3.80. The van der Waals surface area contributed by atoms with Gasteiger partial charge < -0.3 is 9.64 Å². The summed E-state index contributed by atoms with van der Waals surface area (Å²) < 4.78 is 8.66. The molecule has 28 heavy (non-hydrogen) atoms. The zero-order valence-electron chi connectivity index (χ0n) is 17.3. The summed E-state index contributed by atoms with van der Waals surface area (Å²) in [5.41, 5.74) is 3.25. The quantitative estimate of drug-likeness (QED) is 0.648. The Morgan fingerprint density at radius 2 is 2.00 bits per heavy atom. The predicted molar refractivity (Wildman–Crippen MR) is 104 cm³/mol. The Kier molecular flexibility index (Phi) is 5.86. The molecule has 1 fully saturated rings. The number of esters is 1. The van der Waals surface area contributed by atoms with Crippen LogP contribution in [0.5, 0.6) is 0 Å². The number of hydrogen-bond acceptors (Lipinski definition) is 5. The van der Waals surface area contributed by atoms with E-state index in [2.05, 4.69) is 10.2 Å². The summed E-state index contributed by atoms with van der Waals surface area (Å²) in [4.78, 5) is 27.1. The normalized spacial score (nSPS) is 18.2. The summed E-state index contributed by atoms with van der Waals surface area (Å²) in [5.74, 6) is -0.228. The van der Waals surface area contributed by atoms with Crippen molar-refractivity contribution in [3.8, 4) is 0 Å². The molecule has 0 saturated heterocycles. The number of ether oxygens (including phenoxy) is 1. The minimum atomic E-state index is -0.164. The molecular weight excluding hydrogens is 358 g/mol. The van der Waals surface area contributed by atoms with Crippen molar-refractivity contribution < 1.29 is 14.3 Å². The lowest BCUT2D eigenvalue weighted by molar-refractivity contribution is -0.145. The number of aromatic nitrogens is 4. The van der Waals surface area contributed by atoms with Gasteiger partial charge >= 0.3 is 5.97 Å². The molecule has 8 heteroatoms. The number of hydrogen-bond donors (Lipinski definition) is 0. The highest BCUT2D eigenvalue weighted by Crippen LogP contribution is 2.40. The van der Waals surface area contributed by atoms with Gasteiger partial charge in [-0.15, -0.1) is 0 Å². The molecule has 0 unspecified atom stereocenters. The molecule has 0 bridgehead atoms. The second kappa shape index (κ2) is 8.16. The van der Waals surface area contributed by atoms with Gasteiger partial charge in [0.05, 0.1) is 30.5 Å². The van der Waals surface area contributed by atoms with Crippen LogP contribution in [0.3, 0.4) is 0 Å². The molecule has 3 rings (SSSR count). The van der Waals surface area contributed by atoms with E-state index in [9.17, 15) is 9.59 Å². The van der Waals surface area contributed by atoms with Gasteiger partial charge in [0, 0.05) is 25.8 Å². The first-order valence-corrected chi connectivity index (χ1v) is 9.83. The number of rotatable bonds is 8. The lowest BCUT2D eigenvalue weighted by Gasteiger charge is -2.22. The molecule has 1 saturated carbocycles. The highest BCUT2D eigenvalue weighted by Gasteiger charge is 2.45. The van der Waals surface area contributed by atoms with Crippen molar-refractivity contribution in [3.05, 3.63) is 34.9 Å². The van der Waals surface area contributed by atoms with Crippen molar-refractivity contribution in [2.75, 3.05) is 13.2 Å². The Hall–Kier alpha value is -2.64. The molecule has 0 spiro atoms. The van der Waals surface area contributed by atoms with Crippen LogP contribution in [0, 0.1) is 25.7 Å². The third-order valence-corrected chi connectivity index (χ3v) is 5.19. The fourth-order valence-electron chi connectivity index (χ4n) is 3.52. The Morgan fingerprint density at radius 3 is 2.61 bits per heavy atom. The second-order valence-corrected chi connectivity index (χ2v) is 7.43. The van der Waals surface area contributed by atoms with E-state index in [-0.39, 0.29) is 23.7 Å². The van der Waals surface area contributed by atoms with Gasteiger partial charge in [0.25, 0.3) is 5.91 Å². The van der Waals surface area contributed by atoms with Crippen molar-refractivity contribution in [3.63, 3.8) is 0 Å². The lowest BCUT2D eigenvalue weighted by atomic mass is 10.2. The fraction of sp³-hybridized carbons (Fsp3) is 0.600. The lowest BCUT2D eigenvalue weighted by Crippen LogP contribution is -2.34. The zero-order chi connectivity index (χ0) is 20.4. The van der Waals surface area contributed by atoms with E-state index in [1.807, 2.05) is 46.9 Å². The van der Waals surface area contributed by atoms with Crippen LogP contribution >= 0.6 is 0 Å². The summed E-state index contributed by atoms with van der Waals surface area (Å²) in [6.45, 7) is 9.55. The Balaban J connectivity index is 1.80. The first-order valence-electron chi connectivity index (χ1n) is 9.83. The summed E-state index contributed by atoms with van der Waals surface area (Å²) in [5, 5.41) is 8.89. The SMILES string of the molecule is CCOC(=O)[C@H]1C[C@H]1CN(Cc1cc(C)n(C)n1)C(=O)c1cc(C)nn1CC. The molecule has 0 aliphatic heterocycles. The van der Waals surface area contributed by atoms with Gasteiger partial charge in [-0.05, 0) is 52.2 Å². The molecule has 0 radical (unpaired) electrons. The molecule has 1 aliphatic rings. The van der Waals surface area contributed by atoms with Crippen LogP contribution in [0.25, 0.3) is 0 Å². The smallest absolute Gasteiger partial charge is 0.309 e. The molecule has 1 aliphatic carbocycles. The maximum atomic E-state index is 13.3. The molecule has 2 aromatic rings. The molecule has 8 nitrogen and oxygen atoms in total. The topological polar surface area (TPSA) is 82.2 Å². The van der Waals surface area contributed by atoms with Crippen LogP contribution in [-0.2, 0) is 29.7 Å². The molecule has 0 N–H and O–H groups in total. The standard InChI is InChI=1S/C20H29N5O3/c1-6-25-18(8-13(3)21-25)19(26)24(12-16-9-14(4)23(5)22-16)11-15-10-17(15)20(27)28-7-2/h8-9,15,17H,6-7,10-12H2,1-5H3/t15-,17-/m0/s1. The molecule has 0 aromatic carbocycles. The van der Waals surface area contributed by atoms with Crippen molar-refractivity contribution >= 4 is 11.9 Å². The van der Waals surface area contributed by atoms with Gasteiger partial charge in [0.2, 0.25) is 0 Å². The molecule has 1 amide bonds. The number of aryl methyl sites for hydroxylation is 4. The number of amides is 1. The Labute approximate surface area is 165 Å². The number of nitrogens with zero attached hydrogens (tertiary/aromatic N) is 5. The van der Waals surface area contributed by atoms with Crippen LogP contribution in [0.2, 0.25) is 0 Å². The third-order valence-electron chi connectivity index (χ3n) is 5.19. The van der Waals surface area contributed by atoms with E-state index >= 15 is 0 Å². The second-order valence-electron chi connectivity index (χ2n) is 7.43. The number of carbonyl (C=O) groups excluding carboxylic acids is 2. The minimum Gasteiger partial charge on any atom is -0.466 e. The van der Waals surface area contributed by atoms with E-state index in [1.165, 1.54) is 0 Å². The first-order chi connectivity index (χ1) is 13.3. The molecule has 2 aromatic heterocycles. The van der Waals surface area contributed by atoms with E-state index < -0.39 is 0 Å². The maximum absolute atomic E-state index is 13.3. The largest absolute Gasteiger partial charge is 0.466 e. The van der Waals surface area contributed by atoms with Crippen LogP contribution in [0.1, 0.15) is 47.8 Å². The Bertz CT molecular complexity index is 850. The minimum absolute atomic E-state index is 0.0831. The van der Waals surface area contributed by atoms with Gasteiger partial charge in [-0.3, -0.25) is 19.0 Å². The van der Waals surface area contributed by atoms with Gasteiger partial charge in [-0.2, -0.15) is 10.2 Å². The van der Waals surface area contributed by atoms with Crippen LogP contribution < -0.4 is 0 Å². The third kappa shape index (κ3) is 4.26. The predicted octanol–water partition coefficient (Wildman–Crippen LogP) is 2.09. The van der Waals surface area contributed by atoms with Crippen molar-refractivity contribution in [2.24, 2.45) is 18.9 Å². The average Bonchev–Trinajstić information content (AvgIpc) is 3.21. The molecular formula is C20H29N5O3. The van der Waals surface area contributed by atoms with Crippen LogP contribution in [0.4, 0.5) is 0 Å². The summed E-state index contributed by atoms with van der Waals surface area (Å²) in [7, 11) is 1.89. The average molecular weight is 387 g/mol. The highest BCUT2D eigenvalue weighted by atomic mass is 16.5.